The van der Waals surface area contributed by atoms with Gasteiger partial charge in [0.15, 0.2) is 9.84 Å². The summed E-state index contributed by atoms with van der Waals surface area (Å²) in [5, 5.41) is 3.18. The van der Waals surface area contributed by atoms with E-state index in [-0.39, 0.29) is 17.5 Å². The Balaban J connectivity index is 2.03. The van der Waals surface area contributed by atoms with Crippen LogP contribution in [0.2, 0.25) is 0 Å². The fourth-order valence-electron chi connectivity index (χ4n) is 1.50. The van der Waals surface area contributed by atoms with Gasteiger partial charge in [-0.05, 0) is 18.6 Å². The molecule has 0 unspecified atom stereocenters. The molecule has 0 saturated carbocycles. The summed E-state index contributed by atoms with van der Waals surface area (Å²) in [4.78, 5) is 3.97. The molecule has 2 heterocycles. The van der Waals surface area contributed by atoms with E-state index in [0.29, 0.717) is 0 Å². The number of rotatable bonds is 2. The van der Waals surface area contributed by atoms with Crippen LogP contribution in [-0.4, -0.2) is 30.9 Å². The molecule has 1 aliphatic rings. The minimum atomic E-state index is -2.74. The Kier molecular flexibility index (Phi) is 2.19. The van der Waals surface area contributed by atoms with E-state index in [1.807, 2.05) is 13.0 Å². The molecule has 0 spiro atoms. The van der Waals surface area contributed by atoms with Gasteiger partial charge >= 0.3 is 0 Å². The molecule has 2 rings (SSSR count). The summed E-state index contributed by atoms with van der Waals surface area (Å²) >= 11 is 0. The maximum Gasteiger partial charge on any atom is 0.154 e. The summed E-state index contributed by atoms with van der Waals surface area (Å²) in [6, 6.07) is 1.93. The van der Waals surface area contributed by atoms with Crippen LogP contribution in [0.1, 0.15) is 5.56 Å². The Bertz CT molecular complexity index is 430. The number of aryl methyl sites for hydroxylation is 1. The van der Waals surface area contributed by atoms with E-state index in [0.717, 1.165) is 11.3 Å². The van der Waals surface area contributed by atoms with Crippen molar-refractivity contribution in [2.45, 2.75) is 13.0 Å². The van der Waals surface area contributed by atoms with Crippen molar-refractivity contribution in [3.63, 3.8) is 0 Å². The molecule has 1 aromatic heterocycles. The zero-order chi connectivity index (χ0) is 10.2. The summed E-state index contributed by atoms with van der Waals surface area (Å²) in [6.07, 6.45) is 3.46. The first kappa shape index (κ1) is 9.45. The fraction of sp³-hybridized carbons (Fsp3) is 0.444. The molecule has 0 aliphatic carbocycles. The predicted octanol–water partition coefficient (Wildman–Crippen LogP) is 0.599. The zero-order valence-corrected chi connectivity index (χ0v) is 8.71. The van der Waals surface area contributed by atoms with Crippen LogP contribution in [0.15, 0.2) is 18.5 Å². The smallest absolute Gasteiger partial charge is 0.154 e. The molecule has 1 fully saturated rings. The highest BCUT2D eigenvalue weighted by Gasteiger charge is 2.33. The first-order valence-corrected chi connectivity index (χ1v) is 6.26. The first-order chi connectivity index (χ1) is 6.57. The quantitative estimate of drug-likeness (QED) is 0.780. The third-order valence-electron chi connectivity index (χ3n) is 2.29. The van der Waals surface area contributed by atoms with Gasteiger partial charge < -0.3 is 5.32 Å². The van der Waals surface area contributed by atoms with Crippen LogP contribution in [0, 0.1) is 6.92 Å². The highest BCUT2D eigenvalue weighted by Crippen LogP contribution is 2.19. The topological polar surface area (TPSA) is 59.1 Å². The molecular formula is C9H12N2O2S. The van der Waals surface area contributed by atoms with E-state index in [1.54, 1.807) is 12.4 Å². The molecule has 1 aromatic rings. The van der Waals surface area contributed by atoms with Gasteiger partial charge in [-0.2, -0.15) is 0 Å². The fourth-order valence-corrected chi connectivity index (χ4v) is 2.80. The Morgan fingerprint density at radius 2 is 2.21 bits per heavy atom. The van der Waals surface area contributed by atoms with Gasteiger partial charge in [-0.1, -0.05) is 0 Å². The van der Waals surface area contributed by atoms with Crippen LogP contribution >= 0.6 is 0 Å². The standard InChI is InChI=1S/C9H12N2O2S/c1-7-4-10-3-2-9(7)11-8-5-14(12,13)6-8/h2-4,8H,5-6H2,1H3,(H,10,11). The molecule has 0 atom stereocenters. The lowest BCUT2D eigenvalue weighted by molar-refractivity contribution is 0.570. The van der Waals surface area contributed by atoms with E-state index >= 15 is 0 Å². The molecule has 76 valence electrons. The van der Waals surface area contributed by atoms with Gasteiger partial charge in [0, 0.05) is 18.1 Å². The highest BCUT2D eigenvalue weighted by molar-refractivity contribution is 7.92. The summed E-state index contributed by atoms with van der Waals surface area (Å²) in [5.41, 5.74) is 2.01. The number of nitrogens with one attached hydrogen (secondary N) is 1. The van der Waals surface area contributed by atoms with E-state index in [9.17, 15) is 8.42 Å². The molecule has 1 aliphatic heterocycles. The van der Waals surface area contributed by atoms with Crippen molar-refractivity contribution >= 4 is 15.5 Å². The summed E-state index contributed by atoms with van der Waals surface area (Å²) in [5.74, 6) is 0.490. The normalized spacial score (nSPS) is 20.1. The van der Waals surface area contributed by atoms with Crippen LogP contribution in [0.3, 0.4) is 0 Å². The molecule has 1 N–H and O–H groups in total. The molecule has 4 nitrogen and oxygen atoms in total. The number of hydrogen-bond acceptors (Lipinski definition) is 4. The number of sulfone groups is 1. The number of pyridine rings is 1. The van der Waals surface area contributed by atoms with Crippen LogP contribution in [0.4, 0.5) is 5.69 Å². The third-order valence-corrected chi connectivity index (χ3v) is 4.11. The van der Waals surface area contributed by atoms with Gasteiger partial charge in [-0.15, -0.1) is 0 Å². The maximum atomic E-state index is 10.9. The van der Waals surface area contributed by atoms with Crippen LogP contribution in [-0.2, 0) is 9.84 Å². The summed E-state index contributed by atoms with van der Waals surface area (Å²) in [6.45, 7) is 1.95. The Hall–Kier alpha value is -1.10. The Morgan fingerprint density at radius 3 is 2.79 bits per heavy atom. The van der Waals surface area contributed by atoms with Gasteiger partial charge in [0.2, 0.25) is 0 Å². The number of hydrogen-bond donors (Lipinski definition) is 1. The molecule has 14 heavy (non-hydrogen) atoms. The van der Waals surface area contributed by atoms with Crippen molar-refractivity contribution in [3.8, 4) is 0 Å². The van der Waals surface area contributed by atoms with Gasteiger partial charge in [-0.3, -0.25) is 4.98 Å². The molecule has 5 heteroatoms. The van der Waals surface area contributed by atoms with Crippen LogP contribution in [0.5, 0.6) is 0 Å². The molecule has 0 radical (unpaired) electrons. The third kappa shape index (κ3) is 1.87. The minimum absolute atomic E-state index is 0.0705. The average molecular weight is 212 g/mol. The zero-order valence-electron chi connectivity index (χ0n) is 7.90. The second kappa shape index (κ2) is 3.24. The average Bonchev–Trinajstić information content (AvgIpc) is 2.05. The van der Waals surface area contributed by atoms with Gasteiger partial charge in [0.25, 0.3) is 0 Å². The van der Waals surface area contributed by atoms with E-state index in [2.05, 4.69) is 10.3 Å². The summed E-state index contributed by atoms with van der Waals surface area (Å²) in [7, 11) is -2.74. The van der Waals surface area contributed by atoms with E-state index in [4.69, 9.17) is 0 Å². The molecule has 1 saturated heterocycles. The van der Waals surface area contributed by atoms with Crippen LogP contribution < -0.4 is 5.32 Å². The predicted molar refractivity (Wildman–Crippen MR) is 55.0 cm³/mol. The SMILES string of the molecule is Cc1cnccc1NC1CS(=O)(=O)C1. The minimum Gasteiger partial charge on any atom is -0.380 e. The van der Waals surface area contributed by atoms with Crippen LogP contribution in [0.25, 0.3) is 0 Å². The largest absolute Gasteiger partial charge is 0.380 e. The highest BCUT2D eigenvalue weighted by atomic mass is 32.2. The van der Waals surface area contributed by atoms with Crippen molar-refractivity contribution in [2.75, 3.05) is 16.8 Å². The Labute approximate surface area is 83.3 Å². The maximum absolute atomic E-state index is 10.9. The van der Waals surface area contributed by atoms with Crippen molar-refractivity contribution in [3.05, 3.63) is 24.0 Å². The number of aromatic nitrogens is 1. The number of nitrogens with zero attached hydrogens (tertiary/aromatic N) is 1. The summed E-state index contributed by atoms with van der Waals surface area (Å²) < 4.78 is 21.8. The number of anilines is 1. The second-order valence-corrected chi connectivity index (χ2v) is 5.76. The van der Waals surface area contributed by atoms with Gasteiger partial charge in [0.1, 0.15) is 0 Å². The molecule has 0 bridgehead atoms. The van der Waals surface area contributed by atoms with Crippen molar-refractivity contribution in [2.24, 2.45) is 0 Å². The van der Waals surface area contributed by atoms with E-state index in [1.165, 1.54) is 0 Å². The molecular weight excluding hydrogens is 200 g/mol. The lowest BCUT2D eigenvalue weighted by atomic mass is 10.2. The monoisotopic (exact) mass is 212 g/mol. The van der Waals surface area contributed by atoms with Crippen molar-refractivity contribution in [1.29, 1.82) is 0 Å². The van der Waals surface area contributed by atoms with Gasteiger partial charge in [0.05, 0.1) is 17.5 Å². The van der Waals surface area contributed by atoms with Crippen molar-refractivity contribution in [1.82, 2.24) is 4.98 Å². The second-order valence-electron chi connectivity index (χ2n) is 3.61. The van der Waals surface area contributed by atoms with Gasteiger partial charge in [-0.25, -0.2) is 8.42 Å². The lowest BCUT2D eigenvalue weighted by Gasteiger charge is -2.28. The first-order valence-electron chi connectivity index (χ1n) is 4.44. The Morgan fingerprint density at radius 1 is 1.50 bits per heavy atom. The van der Waals surface area contributed by atoms with Crippen molar-refractivity contribution < 1.29 is 8.42 Å². The molecule has 0 aromatic carbocycles. The molecule has 0 amide bonds. The van der Waals surface area contributed by atoms with E-state index < -0.39 is 9.84 Å². The lowest BCUT2D eigenvalue weighted by Crippen LogP contribution is -2.46.